The third-order valence-electron chi connectivity index (χ3n) is 19.0. The number of fused-ring (bicyclic) bond motifs is 6. The van der Waals surface area contributed by atoms with Crippen LogP contribution in [0, 0.1) is 36.3 Å². The van der Waals surface area contributed by atoms with Gasteiger partial charge in [0, 0.05) is 82.9 Å². The van der Waals surface area contributed by atoms with E-state index in [1.54, 1.807) is 0 Å². The summed E-state index contributed by atoms with van der Waals surface area (Å²) in [5.41, 5.74) is 13.3. The zero-order valence-electron chi connectivity index (χ0n) is 61.0. The predicted octanol–water partition coefficient (Wildman–Crippen LogP) is 24.0. The fourth-order valence-electron chi connectivity index (χ4n) is 14.7. The van der Waals surface area contributed by atoms with Gasteiger partial charge in [0.15, 0.2) is 0 Å². The van der Waals surface area contributed by atoms with Crippen LogP contribution in [0.5, 0.6) is 23.0 Å². The van der Waals surface area contributed by atoms with Gasteiger partial charge in [-0.1, -0.05) is 201 Å². The van der Waals surface area contributed by atoms with Crippen molar-refractivity contribution in [1.29, 1.82) is 0 Å². The zero-order chi connectivity index (χ0) is 68.4. The molecule has 6 nitrogen and oxygen atoms in total. The van der Waals surface area contributed by atoms with Gasteiger partial charge in [-0.05, 0) is 187 Å². The van der Waals surface area contributed by atoms with E-state index < -0.39 is 11.6 Å². The van der Waals surface area contributed by atoms with Crippen molar-refractivity contribution >= 4 is 43.6 Å². The summed E-state index contributed by atoms with van der Waals surface area (Å²) in [5.74, 6) is 0.0528. The molecular weight excluding hydrogens is 1240 g/mol. The third-order valence-corrected chi connectivity index (χ3v) is 19.0. The minimum Gasteiger partial charge on any atom is -0.505 e. The Kier molecular flexibility index (Phi) is 19.2. The standard InChI is InChI=1S/C85H104F2N2O4.Y/c1-50-36-58(86)46-66(64-38-56(84(21,22)48-78(3,4)5)44-72(74(64)90)88-68-40-52(80(9,10)11)26-30-60(68)61-31-27-53(41-69(61)88)81(12,13)14)76(50)92-34-25-35-93-77-51(2)37-59(87)47-67(77)65-39-57(85(23,24)49-79(6,7)8)45-73(75(65)91)89-70-42-54(82(15,16)17)28-32-62(70)63-33-29-55(43-71(63)89)83(18,19)20;/h26-33,36-47,90-91H,25,34-35,48-49H2,1-24H3;. The van der Waals surface area contributed by atoms with Gasteiger partial charge in [-0.15, -0.1) is 0 Å². The number of ether oxygens (including phenoxy) is 2. The molecule has 0 amide bonds. The Labute approximate surface area is 585 Å². The second kappa shape index (κ2) is 25.2. The van der Waals surface area contributed by atoms with E-state index in [1.807, 2.05) is 26.0 Å². The molecule has 2 N–H and O–H groups in total. The number of aryl methyl sites for hydroxylation is 2. The first kappa shape index (κ1) is 71.8. The van der Waals surface area contributed by atoms with Crippen molar-refractivity contribution in [2.75, 3.05) is 13.2 Å². The smallest absolute Gasteiger partial charge is 0.147 e. The number of rotatable bonds is 14. The van der Waals surface area contributed by atoms with E-state index in [4.69, 9.17) is 9.47 Å². The molecule has 495 valence electrons. The van der Waals surface area contributed by atoms with Crippen molar-refractivity contribution in [3.8, 4) is 56.6 Å². The summed E-state index contributed by atoms with van der Waals surface area (Å²) in [6.07, 6.45) is 2.05. The Morgan fingerprint density at radius 3 is 0.883 bits per heavy atom. The fourth-order valence-corrected chi connectivity index (χ4v) is 14.7. The molecule has 8 aromatic carbocycles. The van der Waals surface area contributed by atoms with Crippen LogP contribution in [0.3, 0.4) is 0 Å². The molecule has 0 saturated heterocycles. The number of hydrogen-bond donors (Lipinski definition) is 2. The summed E-state index contributed by atoms with van der Waals surface area (Å²) in [6.45, 7) is 53.2. The van der Waals surface area contributed by atoms with Gasteiger partial charge in [-0.25, -0.2) is 8.78 Å². The molecule has 0 aliphatic heterocycles. The van der Waals surface area contributed by atoms with Crippen LogP contribution in [-0.2, 0) is 65.2 Å². The summed E-state index contributed by atoms with van der Waals surface area (Å²) in [4.78, 5) is 0. The number of phenols is 2. The number of phenolic OH excluding ortho intramolecular Hbond substituents is 2. The Morgan fingerprint density at radius 2 is 0.628 bits per heavy atom. The predicted molar refractivity (Wildman–Crippen MR) is 390 cm³/mol. The molecule has 0 aliphatic rings. The molecule has 0 spiro atoms. The molecule has 0 aliphatic carbocycles. The average molecular weight is 1340 g/mol. The number of hydrogen-bond acceptors (Lipinski definition) is 4. The van der Waals surface area contributed by atoms with Crippen molar-refractivity contribution in [2.24, 2.45) is 10.8 Å². The second-order valence-corrected chi connectivity index (χ2v) is 34.9. The summed E-state index contributed by atoms with van der Waals surface area (Å²) in [5, 5.41) is 30.8. The van der Waals surface area contributed by atoms with Crippen LogP contribution in [0.25, 0.3) is 77.2 Å². The normalized spacial score (nSPS) is 13.2. The van der Waals surface area contributed by atoms with Gasteiger partial charge in [0.2, 0.25) is 0 Å². The maximum Gasteiger partial charge on any atom is 0.147 e. The van der Waals surface area contributed by atoms with Crippen molar-refractivity contribution in [3.05, 3.63) is 177 Å². The van der Waals surface area contributed by atoms with E-state index in [1.165, 1.54) is 46.5 Å². The van der Waals surface area contributed by atoms with Crippen LogP contribution in [-0.4, -0.2) is 32.6 Å². The van der Waals surface area contributed by atoms with Crippen LogP contribution < -0.4 is 9.47 Å². The molecule has 0 fully saturated rings. The first-order chi connectivity index (χ1) is 42.8. The molecule has 9 heteroatoms. The van der Waals surface area contributed by atoms with Gasteiger partial charge in [-0.2, -0.15) is 0 Å². The summed E-state index contributed by atoms with van der Waals surface area (Å²) < 4.78 is 50.7. The number of benzene rings is 8. The van der Waals surface area contributed by atoms with Gasteiger partial charge in [0.25, 0.3) is 0 Å². The maximum atomic E-state index is 16.3. The topological polar surface area (TPSA) is 68.8 Å². The molecule has 2 heterocycles. The molecule has 94 heavy (non-hydrogen) atoms. The SMILES string of the molecule is Cc1cc(F)cc(-c2cc(C(C)(C)CC(C)(C)C)cc(-n3c4cc(C(C)(C)C)ccc4c4ccc(C(C)(C)C)cc43)c2O)c1OCCCOc1c(C)cc(F)cc1-c1cc(C(C)(C)CC(C)(C)C)cc(-n2c3cc(C(C)(C)C)ccc3c3ccc(C(C)(C)C)cc32)c1O.[Y]. The minimum atomic E-state index is -0.445. The van der Waals surface area contributed by atoms with Gasteiger partial charge in [0.1, 0.15) is 34.6 Å². The summed E-state index contributed by atoms with van der Waals surface area (Å²) in [7, 11) is 0. The quantitative estimate of drug-likeness (QED) is 0.106. The largest absolute Gasteiger partial charge is 0.505 e. The molecule has 10 aromatic rings. The fraction of sp³-hybridized carbons (Fsp3) is 0.435. The Hall–Kier alpha value is -6.48. The maximum absolute atomic E-state index is 16.3. The van der Waals surface area contributed by atoms with Gasteiger partial charge in [0.05, 0.1) is 46.7 Å². The van der Waals surface area contributed by atoms with E-state index in [0.717, 1.165) is 67.6 Å². The Bertz CT molecular complexity index is 4120. The van der Waals surface area contributed by atoms with Crippen LogP contribution in [0.15, 0.2) is 121 Å². The molecule has 0 unspecified atom stereocenters. The van der Waals surface area contributed by atoms with Gasteiger partial charge < -0.3 is 28.8 Å². The first-order valence-corrected chi connectivity index (χ1v) is 33.6. The second-order valence-electron chi connectivity index (χ2n) is 34.9. The molecular formula is C85H104F2N2O4Y. The number of aromatic hydroxyl groups is 2. The first-order valence-electron chi connectivity index (χ1n) is 33.6. The average Bonchev–Trinajstić information content (AvgIpc) is 1.58. The van der Waals surface area contributed by atoms with Crippen LogP contribution in [0.4, 0.5) is 8.78 Å². The number of halogens is 2. The summed E-state index contributed by atoms with van der Waals surface area (Å²) >= 11 is 0. The molecule has 10 rings (SSSR count). The van der Waals surface area contributed by atoms with Crippen molar-refractivity contribution in [2.45, 2.75) is 218 Å². The monoisotopic (exact) mass is 1340 g/mol. The van der Waals surface area contributed by atoms with Crippen LogP contribution in [0.2, 0.25) is 0 Å². The van der Waals surface area contributed by atoms with Crippen LogP contribution in [0.1, 0.15) is 216 Å². The van der Waals surface area contributed by atoms with E-state index in [9.17, 15) is 10.2 Å². The number of aromatic nitrogens is 2. The van der Waals surface area contributed by atoms with Gasteiger partial charge in [-0.3, -0.25) is 0 Å². The zero-order valence-corrected chi connectivity index (χ0v) is 63.9. The summed E-state index contributed by atoms with van der Waals surface area (Å²) in [6, 6.07) is 41.1. The Balaban J connectivity index is 0.0000104. The van der Waals surface area contributed by atoms with E-state index in [-0.39, 0.29) is 101 Å². The van der Waals surface area contributed by atoms with Crippen molar-refractivity contribution < 1.29 is 61.2 Å². The van der Waals surface area contributed by atoms with E-state index in [2.05, 4.69) is 246 Å². The third kappa shape index (κ3) is 14.5. The van der Waals surface area contributed by atoms with E-state index in [0.29, 0.717) is 62.7 Å². The minimum absolute atomic E-state index is 0. The molecule has 0 bridgehead atoms. The van der Waals surface area contributed by atoms with Gasteiger partial charge >= 0.3 is 0 Å². The molecule has 2 aromatic heterocycles. The van der Waals surface area contributed by atoms with Crippen molar-refractivity contribution in [1.82, 2.24) is 9.13 Å². The number of nitrogens with zero attached hydrogens (tertiary/aromatic N) is 2. The van der Waals surface area contributed by atoms with E-state index >= 15 is 8.78 Å². The molecule has 0 saturated carbocycles. The van der Waals surface area contributed by atoms with Crippen molar-refractivity contribution in [3.63, 3.8) is 0 Å². The molecule has 0 atom stereocenters. The molecule has 1 radical (unpaired) electrons. The van der Waals surface area contributed by atoms with Crippen LogP contribution >= 0.6 is 0 Å². The Morgan fingerprint density at radius 1 is 0.351 bits per heavy atom.